The van der Waals surface area contributed by atoms with E-state index in [9.17, 15) is 18.7 Å². The summed E-state index contributed by atoms with van der Waals surface area (Å²) in [5.41, 5.74) is 0. The second kappa shape index (κ2) is 4.49. The van der Waals surface area contributed by atoms with E-state index in [1.54, 1.807) is 7.05 Å². The molecule has 1 aliphatic heterocycles. The Morgan fingerprint density at radius 1 is 1.47 bits per heavy atom. The number of β-amino-alcohol motifs (C(OH)–C–C–N with tert-alkyl or cyclic N) is 1. The maximum absolute atomic E-state index is 13.0. The second-order valence-corrected chi connectivity index (χ2v) is 5.04. The second-order valence-electron chi connectivity index (χ2n) is 5.04. The van der Waals surface area contributed by atoms with Crippen molar-refractivity contribution >= 4 is 5.91 Å². The summed E-state index contributed by atoms with van der Waals surface area (Å²) in [7, 11) is 1.58. The molecule has 0 bridgehead atoms. The van der Waals surface area contributed by atoms with Crippen LogP contribution in [0.2, 0.25) is 0 Å². The lowest BCUT2D eigenvalue weighted by Gasteiger charge is -2.28. The molecule has 1 heterocycles. The van der Waals surface area contributed by atoms with Gasteiger partial charge in [0, 0.05) is 38.9 Å². The lowest BCUT2D eigenvalue weighted by atomic mass is 10.0. The highest BCUT2D eigenvalue weighted by Gasteiger charge is 2.44. The molecule has 1 saturated carbocycles. The summed E-state index contributed by atoms with van der Waals surface area (Å²) in [6, 6.07) is -0.295. The number of rotatable bonds is 2. The molecule has 0 radical (unpaired) electrons. The number of nitrogens with zero attached hydrogens (tertiary/aromatic N) is 1. The average Bonchev–Trinajstić information content (AvgIpc) is 2.82. The third kappa shape index (κ3) is 2.57. The summed E-state index contributed by atoms with van der Waals surface area (Å²) in [6.07, 6.45) is -0.924. The molecule has 0 aromatic heterocycles. The van der Waals surface area contributed by atoms with Crippen molar-refractivity contribution in [3.63, 3.8) is 0 Å². The monoisotopic (exact) mass is 248 g/mol. The molecule has 1 unspecified atom stereocenters. The maximum Gasteiger partial charge on any atom is 0.248 e. The zero-order chi connectivity index (χ0) is 12.6. The standard InChI is InChI=1S/C11H18F2N2O2/c1-15(8-5-14-6-9(8)16)10(17)7-2-3-11(12,13)4-7/h7-9,14,16H,2-6H2,1H3/t7?,8-,9-/m1/s1. The predicted molar refractivity (Wildman–Crippen MR) is 57.7 cm³/mol. The van der Waals surface area contributed by atoms with Crippen LogP contribution in [0.1, 0.15) is 19.3 Å². The number of alkyl halides is 2. The van der Waals surface area contributed by atoms with Gasteiger partial charge in [0.1, 0.15) is 0 Å². The lowest BCUT2D eigenvalue weighted by Crippen LogP contribution is -2.46. The van der Waals surface area contributed by atoms with E-state index >= 15 is 0 Å². The first-order chi connectivity index (χ1) is 7.91. The Hall–Kier alpha value is -0.750. The molecule has 3 atom stereocenters. The number of nitrogens with one attached hydrogen (secondary N) is 1. The van der Waals surface area contributed by atoms with Gasteiger partial charge in [-0.1, -0.05) is 0 Å². The third-order valence-electron chi connectivity index (χ3n) is 3.75. The molecule has 0 spiro atoms. The van der Waals surface area contributed by atoms with Crippen molar-refractivity contribution in [2.45, 2.75) is 37.3 Å². The number of hydrogen-bond donors (Lipinski definition) is 2. The van der Waals surface area contributed by atoms with Gasteiger partial charge in [-0.25, -0.2) is 8.78 Å². The van der Waals surface area contributed by atoms with E-state index in [0.29, 0.717) is 13.1 Å². The van der Waals surface area contributed by atoms with E-state index < -0.39 is 17.9 Å². The molecule has 1 saturated heterocycles. The van der Waals surface area contributed by atoms with Gasteiger partial charge >= 0.3 is 0 Å². The topological polar surface area (TPSA) is 52.6 Å². The molecule has 17 heavy (non-hydrogen) atoms. The molecule has 1 aliphatic carbocycles. The molecule has 1 amide bonds. The molecule has 0 aromatic carbocycles. The van der Waals surface area contributed by atoms with Crippen LogP contribution in [0.25, 0.3) is 0 Å². The minimum atomic E-state index is -2.70. The number of carbonyl (C=O) groups is 1. The molecule has 4 nitrogen and oxygen atoms in total. The fraction of sp³-hybridized carbons (Fsp3) is 0.909. The van der Waals surface area contributed by atoms with Crippen LogP contribution in [0.4, 0.5) is 8.78 Å². The van der Waals surface area contributed by atoms with Gasteiger partial charge < -0.3 is 15.3 Å². The summed E-state index contributed by atoms with van der Waals surface area (Å²) < 4.78 is 26.1. The lowest BCUT2D eigenvalue weighted by molar-refractivity contribution is -0.138. The van der Waals surface area contributed by atoms with Gasteiger partial charge in [0.05, 0.1) is 12.1 Å². The molecule has 2 N–H and O–H groups in total. The fourth-order valence-corrected chi connectivity index (χ4v) is 2.66. The molecule has 98 valence electrons. The Morgan fingerprint density at radius 3 is 2.65 bits per heavy atom. The zero-order valence-corrected chi connectivity index (χ0v) is 9.83. The molecule has 2 fully saturated rings. The number of likely N-dealkylation sites (N-methyl/N-ethyl adjacent to an activating group) is 1. The van der Waals surface area contributed by atoms with Crippen LogP contribution in [0.3, 0.4) is 0 Å². The van der Waals surface area contributed by atoms with Gasteiger partial charge in [-0.15, -0.1) is 0 Å². The Kier molecular flexibility index (Phi) is 3.36. The van der Waals surface area contributed by atoms with Crippen LogP contribution in [0.5, 0.6) is 0 Å². The summed E-state index contributed by atoms with van der Waals surface area (Å²) in [6.45, 7) is 0.968. The van der Waals surface area contributed by atoms with E-state index in [1.165, 1.54) is 4.90 Å². The van der Waals surface area contributed by atoms with E-state index in [2.05, 4.69) is 5.32 Å². The number of aliphatic hydroxyl groups is 1. The molecular weight excluding hydrogens is 230 g/mol. The molecule has 6 heteroatoms. The predicted octanol–water partition coefficient (Wildman–Crippen LogP) is 0.213. The van der Waals surface area contributed by atoms with Crippen molar-refractivity contribution < 1.29 is 18.7 Å². The summed E-state index contributed by atoms with van der Waals surface area (Å²) in [4.78, 5) is 13.4. The van der Waals surface area contributed by atoms with Gasteiger partial charge in [-0.2, -0.15) is 0 Å². The first-order valence-corrected chi connectivity index (χ1v) is 5.94. The van der Waals surface area contributed by atoms with E-state index in [-0.39, 0.29) is 31.2 Å². The highest BCUT2D eigenvalue weighted by atomic mass is 19.3. The number of carbonyl (C=O) groups excluding carboxylic acids is 1. The number of halogens is 2. The van der Waals surface area contributed by atoms with Crippen molar-refractivity contribution in [1.29, 1.82) is 0 Å². The summed E-state index contributed by atoms with van der Waals surface area (Å²) in [5.74, 6) is -3.56. The average molecular weight is 248 g/mol. The summed E-state index contributed by atoms with van der Waals surface area (Å²) in [5, 5.41) is 12.6. The van der Waals surface area contributed by atoms with Gasteiger partial charge in [-0.3, -0.25) is 4.79 Å². The first kappa shape index (κ1) is 12.7. The smallest absolute Gasteiger partial charge is 0.248 e. The van der Waals surface area contributed by atoms with Crippen molar-refractivity contribution in [2.75, 3.05) is 20.1 Å². The molecule has 2 aliphatic rings. The van der Waals surface area contributed by atoms with Crippen LogP contribution < -0.4 is 5.32 Å². The van der Waals surface area contributed by atoms with E-state index in [0.717, 1.165) is 0 Å². The van der Waals surface area contributed by atoms with Crippen molar-refractivity contribution in [2.24, 2.45) is 5.92 Å². The first-order valence-electron chi connectivity index (χ1n) is 5.94. The Labute approximate surface area is 99.0 Å². The number of hydrogen-bond acceptors (Lipinski definition) is 3. The summed E-state index contributed by atoms with van der Waals surface area (Å²) >= 11 is 0. The van der Waals surface area contributed by atoms with Gasteiger partial charge in [0.15, 0.2) is 0 Å². The Morgan fingerprint density at radius 2 is 2.18 bits per heavy atom. The van der Waals surface area contributed by atoms with Gasteiger partial charge in [0.25, 0.3) is 0 Å². The quantitative estimate of drug-likeness (QED) is 0.734. The van der Waals surface area contributed by atoms with Crippen LogP contribution in [-0.2, 0) is 4.79 Å². The van der Waals surface area contributed by atoms with Crippen molar-refractivity contribution in [3.05, 3.63) is 0 Å². The zero-order valence-electron chi connectivity index (χ0n) is 9.83. The maximum atomic E-state index is 13.0. The molecular formula is C11H18F2N2O2. The van der Waals surface area contributed by atoms with Crippen LogP contribution >= 0.6 is 0 Å². The normalized spacial score (nSPS) is 36.1. The number of amides is 1. The largest absolute Gasteiger partial charge is 0.390 e. The third-order valence-corrected chi connectivity index (χ3v) is 3.75. The SMILES string of the molecule is CN(C(=O)C1CCC(F)(F)C1)[C@@H]1CNC[C@H]1O. The highest BCUT2D eigenvalue weighted by molar-refractivity contribution is 5.79. The highest BCUT2D eigenvalue weighted by Crippen LogP contribution is 2.39. The van der Waals surface area contributed by atoms with Crippen LogP contribution in [0, 0.1) is 5.92 Å². The molecule has 2 rings (SSSR count). The van der Waals surface area contributed by atoms with E-state index in [1.807, 2.05) is 0 Å². The fourth-order valence-electron chi connectivity index (χ4n) is 2.66. The number of aliphatic hydroxyl groups excluding tert-OH is 1. The van der Waals surface area contributed by atoms with Crippen LogP contribution in [-0.4, -0.2) is 54.1 Å². The van der Waals surface area contributed by atoms with Crippen molar-refractivity contribution in [1.82, 2.24) is 10.2 Å². The molecule has 0 aromatic rings. The van der Waals surface area contributed by atoms with E-state index in [4.69, 9.17) is 0 Å². The van der Waals surface area contributed by atoms with Crippen LogP contribution in [0.15, 0.2) is 0 Å². The Balaban J connectivity index is 1.96. The van der Waals surface area contributed by atoms with Crippen molar-refractivity contribution in [3.8, 4) is 0 Å². The van der Waals surface area contributed by atoms with Gasteiger partial charge in [-0.05, 0) is 6.42 Å². The minimum absolute atomic E-state index is 0.206. The Bertz CT molecular complexity index is 312. The minimum Gasteiger partial charge on any atom is -0.390 e. The van der Waals surface area contributed by atoms with Gasteiger partial charge in [0.2, 0.25) is 11.8 Å².